The van der Waals surface area contributed by atoms with Gasteiger partial charge in [-0.2, -0.15) is 0 Å². The minimum Gasteiger partial charge on any atom is -0.478 e. The Morgan fingerprint density at radius 2 is 1.93 bits per heavy atom. The third-order valence-corrected chi connectivity index (χ3v) is 3.57. The summed E-state index contributed by atoms with van der Waals surface area (Å²) in [4.78, 5) is 27.5. The van der Waals surface area contributed by atoms with Gasteiger partial charge in [-0.05, 0) is 50.1 Å². The van der Waals surface area contributed by atoms with E-state index >= 15 is 0 Å². The first-order valence-electron chi connectivity index (χ1n) is 8.62. The van der Waals surface area contributed by atoms with Crippen molar-refractivity contribution < 1.29 is 19.4 Å². The molecule has 2 N–H and O–H groups in total. The molecule has 0 spiro atoms. The second kappa shape index (κ2) is 9.09. The van der Waals surface area contributed by atoms with Crippen molar-refractivity contribution in [2.45, 2.75) is 32.4 Å². The van der Waals surface area contributed by atoms with E-state index < -0.39 is 17.6 Å². The molecular weight excluding hydrogens is 344 g/mol. The van der Waals surface area contributed by atoms with Crippen molar-refractivity contribution in [2.75, 3.05) is 6.54 Å². The monoisotopic (exact) mass is 368 g/mol. The molecule has 27 heavy (non-hydrogen) atoms. The Labute approximate surface area is 158 Å². The quantitative estimate of drug-likeness (QED) is 0.728. The molecule has 6 nitrogen and oxygen atoms in total. The van der Waals surface area contributed by atoms with Crippen LogP contribution in [0, 0.1) is 0 Å². The summed E-state index contributed by atoms with van der Waals surface area (Å²) in [6, 6.07) is 9.52. The SMILES string of the molecule is CC(C)(C)OC(=O)C(NC/C=C/c1ccc(C(=O)O)cc1)c1cccnc1. The molecule has 0 fully saturated rings. The Kier molecular flexibility index (Phi) is 6.85. The Morgan fingerprint density at radius 3 is 2.48 bits per heavy atom. The van der Waals surface area contributed by atoms with Gasteiger partial charge in [0.1, 0.15) is 11.6 Å². The van der Waals surface area contributed by atoms with Crippen LogP contribution < -0.4 is 5.32 Å². The van der Waals surface area contributed by atoms with Gasteiger partial charge >= 0.3 is 11.9 Å². The van der Waals surface area contributed by atoms with Crippen LogP contribution in [-0.2, 0) is 9.53 Å². The van der Waals surface area contributed by atoms with Crippen LogP contribution in [0.15, 0.2) is 54.9 Å². The average molecular weight is 368 g/mol. The molecular formula is C21H24N2O4. The summed E-state index contributed by atoms with van der Waals surface area (Å²) in [6.45, 7) is 5.91. The maximum absolute atomic E-state index is 12.5. The average Bonchev–Trinajstić information content (AvgIpc) is 2.61. The number of aromatic carboxylic acids is 1. The number of esters is 1. The van der Waals surface area contributed by atoms with Crippen LogP contribution >= 0.6 is 0 Å². The first-order valence-corrected chi connectivity index (χ1v) is 8.62. The number of carbonyl (C=O) groups is 2. The predicted octanol–water partition coefficient (Wildman–Crippen LogP) is 3.47. The predicted molar refractivity (Wildman–Crippen MR) is 103 cm³/mol. The van der Waals surface area contributed by atoms with Crippen molar-refractivity contribution >= 4 is 18.0 Å². The third kappa shape index (κ3) is 6.67. The number of carbonyl (C=O) groups excluding carboxylic acids is 1. The summed E-state index contributed by atoms with van der Waals surface area (Å²) in [5, 5.41) is 12.1. The number of carboxylic acid groups (broad SMARTS) is 1. The molecule has 0 saturated heterocycles. The summed E-state index contributed by atoms with van der Waals surface area (Å²) >= 11 is 0. The van der Waals surface area contributed by atoms with Gasteiger partial charge in [0.15, 0.2) is 0 Å². The Morgan fingerprint density at radius 1 is 1.22 bits per heavy atom. The molecule has 0 aliphatic heterocycles. The van der Waals surface area contributed by atoms with Crippen LogP contribution in [0.5, 0.6) is 0 Å². The van der Waals surface area contributed by atoms with E-state index in [2.05, 4.69) is 10.3 Å². The zero-order valence-electron chi connectivity index (χ0n) is 15.7. The fourth-order valence-corrected chi connectivity index (χ4v) is 2.36. The van der Waals surface area contributed by atoms with Crippen LogP contribution in [0.2, 0.25) is 0 Å². The zero-order chi connectivity index (χ0) is 19.9. The Bertz CT molecular complexity index is 793. The summed E-state index contributed by atoms with van der Waals surface area (Å²) in [5.74, 6) is -1.32. The second-order valence-electron chi connectivity index (χ2n) is 6.99. The molecule has 2 rings (SSSR count). The van der Waals surface area contributed by atoms with E-state index in [1.54, 1.807) is 42.7 Å². The largest absolute Gasteiger partial charge is 0.478 e. The number of aromatic nitrogens is 1. The number of nitrogens with zero attached hydrogens (tertiary/aromatic N) is 1. The summed E-state index contributed by atoms with van der Waals surface area (Å²) in [7, 11) is 0. The minimum atomic E-state index is -0.955. The van der Waals surface area contributed by atoms with Gasteiger partial charge in [-0.3, -0.25) is 10.3 Å². The zero-order valence-corrected chi connectivity index (χ0v) is 15.7. The Hall–Kier alpha value is -2.99. The van der Waals surface area contributed by atoms with E-state index in [9.17, 15) is 9.59 Å². The van der Waals surface area contributed by atoms with Crippen molar-refractivity contribution in [3.8, 4) is 0 Å². The van der Waals surface area contributed by atoms with Crippen molar-refractivity contribution in [3.63, 3.8) is 0 Å². The van der Waals surface area contributed by atoms with Crippen LogP contribution in [-0.4, -0.2) is 34.2 Å². The first-order chi connectivity index (χ1) is 12.8. The standard InChI is InChI=1S/C21H24N2O4/c1-21(2,3)27-20(26)18(17-7-5-12-22-14-17)23-13-4-6-15-8-10-16(11-9-15)19(24)25/h4-12,14,18,23H,13H2,1-3H3,(H,24,25)/b6-4+. The second-order valence-corrected chi connectivity index (χ2v) is 6.99. The van der Waals surface area contributed by atoms with Crippen molar-refractivity contribution in [3.05, 3.63) is 71.6 Å². The van der Waals surface area contributed by atoms with Gasteiger partial charge in [-0.1, -0.05) is 30.4 Å². The number of rotatable bonds is 7. The lowest BCUT2D eigenvalue weighted by molar-refractivity contribution is -0.157. The van der Waals surface area contributed by atoms with Gasteiger partial charge in [-0.25, -0.2) is 9.59 Å². The number of hydrogen-bond donors (Lipinski definition) is 2. The van der Waals surface area contributed by atoms with Gasteiger partial charge in [0.2, 0.25) is 0 Å². The van der Waals surface area contributed by atoms with Crippen LogP contribution in [0.4, 0.5) is 0 Å². The molecule has 0 amide bonds. The van der Waals surface area contributed by atoms with E-state index in [0.29, 0.717) is 6.54 Å². The van der Waals surface area contributed by atoms with Gasteiger partial charge < -0.3 is 9.84 Å². The van der Waals surface area contributed by atoms with Gasteiger partial charge in [0.25, 0.3) is 0 Å². The van der Waals surface area contributed by atoms with E-state index in [-0.39, 0.29) is 11.5 Å². The van der Waals surface area contributed by atoms with E-state index in [1.807, 2.05) is 39.0 Å². The smallest absolute Gasteiger partial charge is 0.335 e. The lowest BCUT2D eigenvalue weighted by Gasteiger charge is -2.24. The Balaban J connectivity index is 2.03. The normalized spacial score (nSPS) is 12.7. The maximum Gasteiger partial charge on any atom is 0.335 e. The highest BCUT2D eigenvalue weighted by Gasteiger charge is 2.26. The van der Waals surface area contributed by atoms with Gasteiger partial charge in [-0.15, -0.1) is 0 Å². The topological polar surface area (TPSA) is 88.5 Å². The molecule has 0 saturated carbocycles. The highest BCUT2D eigenvalue weighted by molar-refractivity contribution is 5.87. The highest BCUT2D eigenvalue weighted by Crippen LogP contribution is 2.18. The number of benzene rings is 1. The fraction of sp³-hybridized carbons (Fsp3) is 0.286. The van der Waals surface area contributed by atoms with Crippen molar-refractivity contribution in [2.24, 2.45) is 0 Å². The summed E-state index contributed by atoms with van der Waals surface area (Å²) in [5.41, 5.74) is 1.26. The maximum atomic E-state index is 12.5. The molecule has 0 aliphatic carbocycles. The van der Waals surface area contributed by atoms with Crippen LogP contribution in [0.25, 0.3) is 6.08 Å². The van der Waals surface area contributed by atoms with Crippen molar-refractivity contribution in [1.82, 2.24) is 10.3 Å². The van der Waals surface area contributed by atoms with Gasteiger partial charge in [0.05, 0.1) is 5.56 Å². The molecule has 0 bridgehead atoms. The minimum absolute atomic E-state index is 0.242. The first kappa shape index (κ1) is 20.3. The summed E-state index contributed by atoms with van der Waals surface area (Å²) < 4.78 is 5.50. The molecule has 6 heteroatoms. The van der Waals surface area contributed by atoms with Crippen molar-refractivity contribution in [1.29, 1.82) is 0 Å². The molecule has 1 aromatic carbocycles. The summed E-state index contributed by atoms with van der Waals surface area (Å²) in [6.07, 6.45) is 7.00. The van der Waals surface area contributed by atoms with Crippen LogP contribution in [0.1, 0.15) is 48.3 Å². The number of hydrogen-bond acceptors (Lipinski definition) is 5. The molecule has 1 atom stereocenters. The van der Waals surface area contributed by atoms with E-state index in [4.69, 9.17) is 9.84 Å². The highest BCUT2D eigenvalue weighted by atomic mass is 16.6. The molecule has 1 unspecified atom stereocenters. The molecule has 1 aromatic heterocycles. The number of ether oxygens (including phenoxy) is 1. The van der Waals surface area contributed by atoms with Gasteiger partial charge in [0, 0.05) is 18.9 Å². The third-order valence-electron chi connectivity index (χ3n) is 3.57. The molecule has 2 aromatic rings. The fourth-order valence-electron chi connectivity index (χ4n) is 2.36. The van der Waals surface area contributed by atoms with E-state index in [0.717, 1.165) is 11.1 Å². The molecule has 0 aliphatic rings. The lowest BCUT2D eigenvalue weighted by Crippen LogP contribution is -2.35. The molecule has 1 heterocycles. The molecule has 0 radical (unpaired) electrons. The number of carboxylic acids is 1. The van der Waals surface area contributed by atoms with E-state index in [1.165, 1.54) is 0 Å². The number of nitrogens with one attached hydrogen (secondary N) is 1. The molecule has 142 valence electrons. The number of pyridine rings is 1. The van der Waals surface area contributed by atoms with Crippen LogP contribution in [0.3, 0.4) is 0 Å². The lowest BCUT2D eigenvalue weighted by atomic mass is 10.1.